The molecule has 1 aromatic rings. The van der Waals surface area contributed by atoms with E-state index in [0.29, 0.717) is 6.54 Å². The van der Waals surface area contributed by atoms with Gasteiger partial charge in [0, 0.05) is 26.8 Å². The summed E-state index contributed by atoms with van der Waals surface area (Å²) in [4.78, 5) is 12.7. The molecule has 0 atom stereocenters. The first-order chi connectivity index (χ1) is 7.20. The Bertz CT molecular complexity index is 283. The van der Waals surface area contributed by atoms with Gasteiger partial charge in [0.25, 0.3) is 0 Å². The maximum absolute atomic E-state index is 11.2. The quantitative estimate of drug-likeness (QED) is 0.635. The number of amides is 1. The minimum atomic E-state index is 0.0933. The molecule has 1 amide bonds. The number of carbonyl (C=O) groups is 1. The summed E-state index contributed by atoms with van der Waals surface area (Å²) < 4.78 is 1.77. The molecule has 0 aliphatic carbocycles. The first-order valence-electron chi connectivity index (χ1n) is 4.95. The van der Waals surface area contributed by atoms with Gasteiger partial charge in [-0.1, -0.05) is 5.21 Å². The van der Waals surface area contributed by atoms with Crippen molar-refractivity contribution >= 4 is 5.91 Å². The number of nitrogens with one attached hydrogen (secondary N) is 1. The summed E-state index contributed by atoms with van der Waals surface area (Å²) in [6, 6.07) is 0. The van der Waals surface area contributed by atoms with Crippen LogP contribution in [0.2, 0.25) is 0 Å². The molecule has 0 saturated heterocycles. The summed E-state index contributed by atoms with van der Waals surface area (Å²) in [5.74, 6) is 0.0933. The molecule has 6 nitrogen and oxygen atoms in total. The lowest BCUT2D eigenvalue weighted by Gasteiger charge is -2.10. The Morgan fingerprint density at radius 3 is 2.93 bits per heavy atom. The van der Waals surface area contributed by atoms with E-state index in [4.69, 9.17) is 0 Å². The van der Waals surface area contributed by atoms with E-state index in [1.165, 1.54) is 0 Å². The zero-order valence-corrected chi connectivity index (χ0v) is 9.18. The van der Waals surface area contributed by atoms with Gasteiger partial charge in [-0.25, -0.2) is 0 Å². The van der Waals surface area contributed by atoms with Crippen LogP contribution in [0.5, 0.6) is 0 Å². The van der Waals surface area contributed by atoms with E-state index in [9.17, 15) is 4.79 Å². The molecule has 0 unspecified atom stereocenters. The van der Waals surface area contributed by atoms with Crippen LogP contribution in [0.25, 0.3) is 0 Å². The second-order valence-corrected chi connectivity index (χ2v) is 3.48. The normalized spacial score (nSPS) is 10.3. The van der Waals surface area contributed by atoms with E-state index >= 15 is 0 Å². The average molecular weight is 211 g/mol. The van der Waals surface area contributed by atoms with E-state index in [1.54, 1.807) is 29.9 Å². The molecule has 0 aromatic carbocycles. The SMILES string of the molecule is CN(C)C(=O)CNCCCn1ccnn1. The predicted molar refractivity (Wildman–Crippen MR) is 56.2 cm³/mol. The van der Waals surface area contributed by atoms with Crippen LogP contribution in [0.1, 0.15) is 6.42 Å². The van der Waals surface area contributed by atoms with Gasteiger partial charge in [0.05, 0.1) is 12.7 Å². The third-order valence-corrected chi connectivity index (χ3v) is 1.99. The largest absolute Gasteiger partial charge is 0.348 e. The first-order valence-corrected chi connectivity index (χ1v) is 4.95. The maximum atomic E-state index is 11.2. The van der Waals surface area contributed by atoms with E-state index in [-0.39, 0.29) is 5.91 Å². The Labute approximate surface area is 89.3 Å². The van der Waals surface area contributed by atoms with Crippen LogP contribution in [-0.2, 0) is 11.3 Å². The molecule has 1 heterocycles. The molecule has 1 rings (SSSR count). The molecule has 0 spiro atoms. The Hall–Kier alpha value is -1.43. The van der Waals surface area contributed by atoms with Crippen molar-refractivity contribution in [2.24, 2.45) is 0 Å². The average Bonchev–Trinajstić information content (AvgIpc) is 2.69. The number of likely N-dealkylation sites (N-methyl/N-ethyl adjacent to an activating group) is 1. The highest BCUT2D eigenvalue weighted by Gasteiger charge is 2.01. The van der Waals surface area contributed by atoms with Crippen LogP contribution in [0, 0.1) is 0 Å². The highest BCUT2D eigenvalue weighted by atomic mass is 16.2. The van der Waals surface area contributed by atoms with E-state index < -0.39 is 0 Å². The summed E-state index contributed by atoms with van der Waals surface area (Å²) in [6.45, 7) is 2.02. The second kappa shape index (κ2) is 6.13. The van der Waals surface area contributed by atoms with Crippen LogP contribution in [0.3, 0.4) is 0 Å². The topological polar surface area (TPSA) is 63.1 Å². The van der Waals surface area contributed by atoms with Gasteiger partial charge in [-0.05, 0) is 13.0 Å². The van der Waals surface area contributed by atoms with Crippen LogP contribution in [0.4, 0.5) is 0 Å². The van der Waals surface area contributed by atoms with Gasteiger partial charge in [-0.15, -0.1) is 5.10 Å². The molecule has 0 aliphatic heterocycles. The number of nitrogens with zero attached hydrogens (tertiary/aromatic N) is 4. The maximum Gasteiger partial charge on any atom is 0.236 e. The van der Waals surface area contributed by atoms with Crippen molar-refractivity contribution in [1.29, 1.82) is 0 Å². The fourth-order valence-electron chi connectivity index (χ4n) is 1.07. The summed E-state index contributed by atoms with van der Waals surface area (Å²) in [5.41, 5.74) is 0. The minimum Gasteiger partial charge on any atom is -0.348 e. The van der Waals surface area contributed by atoms with Gasteiger partial charge in [0.2, 0.25) is 5.91 Å². The molecule has 0 radical (unpaired) electrons. The first kappa shape index (κ1) is 11.6. The second-order valence-electron chi connectivity index (χ2n) is 3.48. The van der Waals surface area contributed by atoms with E-state index in [1.807, 2.05) is 6.20 Å². The van der Waals surface area contributed by atoms with Crippen molar-refractivity contribution in [3.8, 4) is 0 Å². The van der Waals surface area contributed by atoms with Crippen LogP contribution in [-0.4, -0.2) is 53.0 Å². The Balaban J connectivity index is 2.00. The third kappa shape index (κ3) is 4.55. The summed E-state index contributed by atoms with van der Waals surface area (Å²) >= 11 is 0. The number of aryl methyl sites for hydroxylation is 1. The molecule has 0 fully saturated rings. The number of carbonyl (C=O) groups excluding carboxylic acids is 1. The molecule has 0 aliphatic rings. The minimum absolute atomic E-state index is 0.0933. The van der Waals surface area contributed by atoms with Crippen molar-refractivity contribution in [2.45, 2.75) is 13.0 Å². The molecule has 84 valence electrons. The van der Waals surface area contributed by atoms with Crippen molar-refractivity contribution in [1.82, 2.24) is 25.2 Å². The fraction of sp³-hybridized carbons (Fsp3) is 0.667. The molecule has 6 heteroatoms. The van der Waals surface area contributed by atoms with Crippen LogP contribution >= 0.6 is 0 Å². The van der Waals surface area contributed by atoms with Gasteiger partial charge in [-0.2, -0.15) is 0 Å². The standard InChI is InChI=1S/C9H17N5O/c1-13(2)9(15)8-10-4-3-6-14-7-5-11-12-14/h5,7,10H,3-4,6,8H2,1-2H3. The smallest absolute Gasteiger partial charge is 0.236 e. The van der Waals surface area contributed by atoms with Crippen molar-refractivity contribution in [3.05, 3.63) is 12.4 Å². The molecule has 0 saturated carbocycles. The van der Waals surface area contributed by atoms with Crippen molar-refractivity contribution in [3.63, 3.8) is 0 Å². The van der Waals surface area contributed by atoms with Gasteiger partial charge >= 0.3 is 0 Å². The zero-order chi connectivity index (χ0) is 11.1. The van der Waals surface area contributed by atoms with Gasteiger partial charge < -0.3 is 10.2 Å². The van der Waals surface area contributed by atoms with Gasteiger partial charge in [0.1, 0.15) is 0 Å². The Morgan fingerprint density at radius 1 is 1.53 bits per heavy atom. The monoisotopic (exact) mass is 211 g/mol. The van der Waals surface area contributed by atoms with Crippen molar-refractivity contribution in [2.75, 3.05) is 27.2 Å². The predicted octanol–water partition coefficient (Wildman–Crippen LogP) is -0.654. The lowest BCUT2D eigenvalue weighted by atomic mass is 10.4. The Kier molecular flexibility index (Phi) is 4.76. The Morgan fingerprint density at radius 2 is 2.33 bits per heavy atom. The number of rotatable bonds is 6. The number of aromatic nitrogens is 3. The van der Waals surface area contributed by atoms with Gasteiger partial charge in [-0.3, -0.25) is 9.48 Å². The molecule has 1 aromatic heterocycles. The number of hydrogen-bond acceptors (Lipinski definition) is 4. The molecule has 0 bridgehead atoms. The van der Waals surface area contributed by atoms with Gasteiger partial charge in [0.15, 0.2) is 0 Å². The lowest BCUT2D eigenvalue weighted by Crippen LogP contribution is -2.33. The lowest BCUT2D eigenvalue weighted by molar-refractivity contribution is -0.127. The fourth-order valence-corrected chi connectivity index (χ4v) is 1.07. The summed E-state index contributed by atoms with van der Waals surface area (Å²) in [7, 11) is 3.50. The van der Waals surface area contributed by atoms with Crippen LogP contribution in [0.15, 0.2) is 12.4 Å². The zero-order valence-electron chi connectivity index (χ0n) is 9.18. The van der Waals surface area contributed by atoms with Crippen LogP contribution < -0.4 is 5.32 Å². The molecule has 1 N–H and O–H groups in total. The summed E-state index contributed by atoms with van der Waals surface area (Å²) in [6.07, 6.45) is 4.41. The van der Waals surface area contributed by atoms with E-state index in [0.717, 1.165) is 19.5 Å². The highest BCUT2D eigenvalue weighted by Crippen LogP contribution is 1.85. The molecular formula is C9H17N5O. The number of hydrogen-bond donors (Lipinski definition) is 1. The third-order valence-electron chi connectivity index (χ3n) is 1.99. The van der Waals surface area contributed by atoms with E-state index in [2.05, 4.69) is 15.6 Å². The molecule has 15 heavy (non-hydrogen) atoms. The highest BCUT2D eigenvalue weighted by molar-refractivity contribution is 5.77. The summed E-state index contributed by atoms with van der Waals surface area (Å²) in [5, 5.41) is 10.6. The molecular weight excluding hydrogens is 194 g/mol. The van der Waals surface area contributed by atoms with Crippen molar-refractivity contribution < 1.29 is 4.79 Å².